The minimum Gasteiger partial charge on any atom is -0.344 e. The Balaban J connectivity index is 1.90. The fraction of sp³-hybridized carbons (Fsp3) is 0.227. The Morgan fingerprint density at radius 3 is 2.09 bits per heavy atom. The van der Waals surface area contributed by atoms with Crippen molar-refractivity contribution >= 4 is 37.2 Å². The largest absolute Gasteiger partial charge is 0.344 e. The first-order valence-corrected chi connectivity index (χ1v) is 13.5. The molecule has 0 amide bonds. The molecule has 2 N–H and O–H groups in total. The van der Waals surface area contributed by atoms with Crippen molar-refractivity contribution in [2.45, 2.75) is 17.9 Å². The van der Waals surface area contributed by atoms with Crippen LogP contribution in [0.15, 0.2) is 54.6 Å². The smallest absolute Gasteiger partial charge is 0.230 e. The second-order valence-electron chi connectivity index (χ2n) is 7.73. The van der Waals surface area contributed by atoms with Gasteiger partial charge >= 0.3 is 0 Å². The van der Waals surface area contributed by atoms with Crippen LogP contribution in [0, 0.1) is 6.92 Å². The van der Waals surface area contributed by atoms with Crippen LogP contribution in [0.5, 0.6) is 0 Å². The van der Waals surface area contributed by atoms with E-state index in [4.69, 9.17) is 16.7 Å². The fourth-order valence-corrected chi connectivity index (χ4v) is 7.01. The quantitative estimate of drug-likeness (QED) is 0.506. The van der Waals surface area contributed by atoms with Crippen LogP contribution in [0.2, 0.25) is 5.02 Å². The Hall–Kier alpha value is -2.46. The number of benzene rings is 2. The van der Waals surface area contributed by atoms with Crippen LogP contribution >= 0.6 is 11.6 Å². The van der Waals surface area contributed by atoms with Gasteiger partial charge in [-0.15, -0.1) is 0 Å². The van der Waals surface area contributed by atoms with Crippen LogP contribution in [-0.2, 0) is 33.3 Å². The van der Waals surface area contributed by atoms with E-state index in [9.17, 15) is 21.6 Å². The van der Waals surface area contributed by atoms with Gasteiger partial charge in [0.25, 0.3) is 0 Å². The Bertz CT molecular complexity index is 1340. The zero-order valence-electron chi connectivity index (χ0n) is 17.7. The summed E-state index contributed by atoms with van der Waals surface area (Å²) >= 11 is 5.91. The van der Waals surface area contributed by atoms with Crippen molar-refractivity contribution in [3.63, 3.8) is 0 Å². The van der Waals surface area contributed by atoms with Gasteiger partial charge in [-0.3, -0.25) is 4.79 Å². The Morgan fingerprint density at radius 2 is 1.59 bits per heavy atom. The molecule has 0 fully saturated rings. The molecule has 32 heavy (non-hydrogen) atoms. The molecule has 0 spiro atoms. The molecule has 1 heterocycles. The van der Waals surface area contributed by atoms with Gasteiger partial charge in [0, 0.05) is 36.0 Å². The van der Waals surface area contributed by atoms with Crippen molar-refractivity contribution in [3.8, 4) is 0 Å². The highest BCUT2D eigenvalue weighted by Crippen LogP contribution is 2.27. The summed E-state index contributed by atoms with van der Waals surface area (Å²) in [6.07, 6.45) is 1.30. The third-order valence-corrected chi connectivity index (χ3v) is 9.19. The van der Waals surface area contributed by atoms with E-state index >= 15 is 0 Å². The maximum Gasteiger partial charge on any atom is 0.230 e. The van der Waals surface area contributed by atoms with Crippen LogP contribution in [0.4, 0.5) is 0 Å². The summed E-state index contributed by atoms with van der Waals surface area (Å²) in [7, 11) is -6.48. The minimum absolute atomic E-state index is 0.0837. The summed E-state index contributed by atoms with van der Waals surface area (Å²) in [5.74, 6) is -0.118. The third-order valence-electron chi connectivity index (χ3n) is 5.17. The van der Waals surface area contributed by atoms with E-state index in [2.05, 4.69) is 0 Å². The number of aromatic nitrogens is 1. The van der Waals surface area contributed by atoms with Gasteiger partial charge in [0.1, 0.15) is 0 Å². The standard InChI is InChI=1S/C22H23ClN2O5S2/c1-14-12-19(25(2)20(14)21(26)16-8-10-18(23)11-9-16)13-15-4-6-17(7-5-15)22(31(3,27)28)32(24,29)30/h4-12,22H,13H2,1-3H3,(H2,24,29,30). The third kappa shape index (κ3) is 5.12. The summed E-state index contributed by atoms with van der Waals surface area (Å²) in [6.45, 7) is 1.86. The number of aryl methyl sites for hydroxylation is 1. The average Bonchev–Trinajstić information content (AvgIpc) is 2.94. The number of halogens is 1. The molecule has 0 saturated heterocycles. The first kappa shape index (κ1) is 24.2. The van der Waals surface area contributed by atoms with Gasteiger partial charge in [0.15, 0.2) is 9.84 Å². The van der Waals surface area contributed by atoms with Crippen LogP contribution in [0.1, 0.15) is 43.0 Å². The fourth-order valence-electron chi connectivity index (χ4n) is 3.74. The van der Waals surface area contributed by atoms with Crippen LogP contribution in [0.3, 0.4) is 0 Å². The van der Waals surface area contributed by atoms with Crippen LogP contribution in [-0.4, -0.2) is 33.4 Å². The summed E-state index contributed by atoms with van der Waals surface area (Å²) in [5, 5.41) is 5.68. The molecule has 3 aromatic rings. The van der Waals surface area contributed by atoms with Crippen molar-refractivity contribution in [2.75, 3.05) is 6.26 Å². The molecule has 0 saturated carbocycles. The van der Waals surface area contributed by atoms with Gasteiger partial charge in [-0.2, -0.15) is 0 Å². The van der Waals surface area contributed by atoms with Crippen molar-refractivity contribution in [2.24, 2.45) is 12.2 Å². The van der Waals surface area contributed by atoms with E-state index in [0.29, 0.717) is 22.7 Å². The Kier molecular flexibility index (Phi) is 6.67. The van der Waals surface area contributed by atoms with Gasteiger partial charge in [-0.25, -0.2) is 22.0 Å². The summed E-state index contributed by atoms with van der Waals surface area (Å²) in [4.78, 5) is 13.0. The molecule has 1 atom stereocenters. The molecular formula is C22H23ClN2O5S2. The number of nitrogens with zero attached hydrogens (tertiary/aromatic N) is 1. The lowest BCUT2D eigenvalue weighted by Crippen LogP contribution is -2.27. The molecule has 7 nitrogen and oxygen atoms in total. The van der Waals surface area contributed by atoms with Crippen molar-refractivity contribution in [1.82, 2.24) is 4.57 Å². The van der Waals surface area contributed by atoms with Crippen molar-refractivity contribution in [1.29, 1.82) is 0 Å². The lowest BCUT2D eigenvalue weighted by Gasteiger charge is -2.14. The molecule has 1 aromatic heterocycles. The maximum atomic E-state index is 13.0. The zero-order chi connectivity index (χ0) is 23.8. The number of sulfone groups is 1. The topological polar surface area (TPSA) is 116 Å². The summed E-state index contributed by atoms with van der Waals surface area (Å²) in [6, 6.07) is 14.8. The first-order chi connectivity index (χ1) is 14.8. The number of nitrogens with two attached hydrogens (primary N) is 1. The summed E-state index contributed by atoms with van der Waals surface area (Å²) < 4.78 is 47.5. The first-order valence-electron chi connectivity index (χ1n) is 9.54. The second kappa shape index (κ2) is 8.82. The monoisotopic (exact) mass is 494 g/mol. The number of sulfonamides is 1. The molecule has 0 aliphatic rings. The predicted octanol–water partition coefficient (Wildman–Crippen LogP) is 3.14. The van der Waals surface area contributed by atoms with Crippen molar-refractivity contribution in [3.05, 3.63) is 93.3 Å². The van der Waals surface area contributed by atoms with E-state index in [1.165, 1.54) is 12.1 Å². The summed E-state index contributed by atoms with van der Waals surface area (Å²) in [5.41, 5.74) is 3.70. The molecule has 3 rings (SSSR count). The number of primary sulfonamides is 1. The molecule has 170 valence electrons. The SMILES string of the molecule is Cc1cc(Cc2ccc(C(S(C)(=O)=O)S(N)(=O)=O)cc2)n(C)c1C(=O)c1ccc(Cl)cc1. The van der Waals surface area contributed by atoms with Crippen molar-refractivity contribution < 1.29 is 21.6 Å². The minimum atomic E-state index is -4.33. The highest BCUT2D eigenvalue weighted by Gasteiger charge is 2.33. The van der Waals surface area contributed by atoms with E-state index in [-0.39, 0.29) is 11.3 Å². The number of rotatable bonds is 7. The zero-order valence-corrected chi connectivity index (χ0v) is 20.1. The Labute approximate surface area is 192 Å². The molecule has 0 aliphatic carbocycles. The van der Waals surface area contributed by atoms with Crippen LogP contribution in [0.25, 0.3) is 0 Å². The number of ketones is 1. The van der Waals surface area contributed by atoms with Crippen LogP contribution < -0.4 is 5.14 Å². The Morgan fingerprint density at radius 1 is 1.03 bits per heavy atom. The molecular weight excluding hydrogens is 472 g/mol. The van der Waals surface area contributed by atoms with E-state index in [0.717, 1.165) is 23.1 Å². The molecule has 10 heteroatoms. The molecule has 2 aromatic carbocycles. The second-order valence-corrected chi connectivity index (χ2v) is 12.2. The highest BCUT2D eigenvalue weighted by atomic mass is 35.5. The molecule has 0 radical (unpaired) electrons. The average molecular weight is 495 g/mol. The van der Waals surface area contributed by atoms with Gasteiger partial charge in [0.2, 0.25) is 20.4 Å². The number of hydrogen-bond acceptors (Lipinski definition) is 5. The normalized spacial score (nSPS) is 13.2. The number of carbonyl (C=O) groups excluding carboxylic acids is 1. The maximum absolute atomic E-state index is 13.0. The molecule has 0 aliphatic heterocycles. The lowest BCUT2D eigenvalue weighted by atomic mass is 10.1. The van der Waals surface area contributed by atoms with E-state index in [1.54, 1.807) is 43.4 Å². The lowest BCUT2D eigenvalue weighted by molar-refractivity contribution is 0.103. The highest BCUT2D eigenvalue weighted by molar-refractivity contribution is 8.07. The number of hydrogen-bond donors (Lipinski definition) is 1. The molecule has 0 bridgehead atoms. The van der Waals surface area contributed by atoms with Gasteiger partial charge in [-0.05, 0) is 53.9 Å². The van der Waals surface area contributed by atoms with Gasteiger partial charge in [-0.1, -0.05) is 35.9 Å². The van der Waals surface area contributed by atoms with Gasteiger partial charge in [0.05, 0.1) is 5.69 Å². The van der Waals surface area contributed by atoms with E-state index < -0.39 is 24.4 Å². The van der Waals surface area contributed by atoms with E-state index in [1.807, 2.05) is 17.6 Å². The molecule has 1 unspecified atom stereocenters. The van der Waals surface area contributed by atoms with Gasteiger partial charge < -0.3 is 4.57 Å². The number of carbonyl (C=O) groups is 1. The predicted molar refractivity (Wildman–Crippen MR) is 125 cm³/mol.